The molecule has 0 spiro atoms. The number of carbonyl (C=O) groups excluding carboxylic acids is 2. The third kappa shape index (κ3) is 5.52. The van der Waals surface area contributed by atoms with Crippen LogP contribution in [-0.4, -0.2) is 51.1 Å². The lowest BCUT2D eigenvalue weighted by Gasteiger charge is -2.11. The van der Waals surface area contributed by atoms with Crippen LogP contribution in [0.15, 0.2) is 18.2 Å². The van der Waals surface area contributed by atoms with Crippen LogP contribution in [0.1, 0.15) is 17.5 Å². The molecule has 0 bridgehead atoms. The molecule has 1 atom stereocenters. The number of aryl methyl sites for hydroxylation is 2. The van der Waals surface area contributed by atoms with E-state index < -0.39 is 34.4 Å². The Morgan fingerprint density at radius 3 is 2.58 bits per heavy atom. The van der Waals surface area contributed by atoms with E-state index in [0.717, 1.165) is 11.1 Å². The number of sulfone groups is 1. The lowest BCUT2D eigenvalue weighted by Crippen LogP contribution is -2.38. The van der Waals surface area contributed by atoms with Crippen LogP contribution in [0, 0.1) is 13.8 Å². The summed E-state index contributed by atoms with van der Waals surface area (Å²) in [7, 11) is -3.06. The quantitative estimate of drug-likeness (QED) is 0.748. The average Bonchev–Trinajstić information content (AvgIpc) is 2.85. The number of esters is 1. The summed E-state index contributed by atoms with van der Waals surface area (Å²) in [6.45, 7) is 3.16. The highest BCUT2D eigenvalue weighted by molar-refractivity contribution is 7.91. The van der Waals surface area contributed by atoms with Crippen LogP contribution >= 0.6 is 0 Å². The predicted molar refractivity (Wildman–Crippen MR) is 87.6 cm³/mol. The van der Waals surface area contributed by atoms with Crippen LogP contribution in [0.25, 0.3) is 0 Å². The van der Waals surface area contributed by atoms with Crippen LogP contribution in [-0.2, 0) is 24.2 Å². The first-order valence-electron chi connectivity index (χ1n) is 7.60. The number of rotatable bonds is 6. The minimum Gasteiger partial charge on any atom is -0.482 e. The highest BCUT2D eigenvalue weighted by Gasteiger charge is 2.29. The Morgan fingerprint density at radius 1 is 1.21 bits per heavy atom. The zero-order chi connectivity index (χ0) is 17.7. The SMILES string of the molecule is Cc1ccc(OCC(=O)OCC(=O)N[C@@H]2CCS(=O)(=O)C2)cc1C. The van der Waals surface area contributed by atoms with Crippen LogP contribution in [0.4, 0.5) is 0 Å². The Hall–Kier alpha value is -2.09. The summed E-state index contributed by atoms with van der Waals surface area (Å²) in [5.74, 6) is -0.626. The van der Waals surface area contributed by atoms with Gasteiger partial charge in [-0.15, -0.1) is 0 Å². The van der Waals surface area contributed by atoms with Gasteiger partial charge in [0.1, 0.15) is 5.75 Å². The molecular formula is C16H21NO6S. The third-order valence-corrected chi connectivity index (χ3v) is 5.56. The zero-order valence-corrected chi connectivity index (χ0v) is 14.5. The summed E-state index contributed by atoms with van der Waals surface area (Å²) in [6.07, 6.45) is 0.387. The monoisotopic (exact) mass is 355 g/mol. The van der Waals surface area contributed by atoms with Gasteiger partial charge < -0.3 is 14.8 Å². The van der Waals surface area contributed by atoms with E-state index in [1.165, 1.54) is 0 Å². The standard InChI is InChI=1S/C16H21NO6S/c1-11-3-4-14(7-12(11)2)22-9-16(19)23-8-15(18)17-13-5-6-24(20,21)10-13/h3-4,7,13H,5-6,8-10H2,1-2H3,(H,17,18)/t13-/m1/s1. The third-order valence-electron chi connectivity index (χ3n) is 3.80. The number of nitrogens with one attached hydrogen (secondary N) is 1. The highest BCUT2D eigenvalue weighted by Crippen LogP contribution is 2.16. The van der Waals surface area contributed by atoms with Gasteiger partial charge in [-0.25, -0.2) is 13.2 Å². The van der Waals surface area contributed by atoms with Gasteiger partial charge in [-0.05, 0) is 43.5 Å². The van der Waals surface area contributed by atoms with Crippen LogP contribution in [0.3, 0.4) is 0 Å². The van der Waals surface area contributed by atoms with Crippen molar-refractivity contribution in [2.45, 2.75) is 26.3 Å². The van der Waals surface area contributed by atoms with Gasteiger partial charge in [-0.3, -0.25) is 4.79 Å². The van der Waals surface area contributed by atoms with E-state index in [4.69, 9.17) is 9.47 Å². The molecule has 2 rings (SSSR count). The van der Waals surface area contributed by atoms with Crippen molar-refractivity contribution in [2.75, 3.05) is 24.7 Å². The fraction of sp³-hybridized carbons (Fsp3) is 0.500. The van der Waals surface area contributed by atoms with Crippen LogP contribution in [0.5, 0.6) is 5.75 Å². The minimum absolute atomic E-state index is 0.0669. The fourth-order valence-electron chi connectivity index (χ4n) is 2.31. The molecule has 1 aliphatic heterocycles. The number of benzene rings is 1. The molecule has 1 aliphatic rings. The lowest BCUT2D eigenvalue weighted by atomic mass is 10.1. The number of hydrogen-bond acceptors (Lipinski definition) is 6. The van der Waals surface area contributed by atoms with E-state index >= 15 is 0 Å². The first-order valence-corrected chi connectivity index (χ1v) is 9.43. The largest absolute Gasteiger partial charge is 0.482 e. The maximum absolute atomic E-state index is 11.6. The second-order valence-corrected chi connectivity index (χ2v) is 8.09. The Morgan fingerprint density at radius 2 is 1.96 bits per heavy atom. The topological polar surface area (TPSA) is 98.8 Å². The van der Waals surface area contributed by atoms with Gasteiger partial charge in [0.25, 0.3) is 5.91 Å². The normalized spacial score (nSPS) is 18.8. The lowest BCUT2D eigenvalue weighted by molar-refractivity contribution is -0.150. The van der Waals surface area contributed by atoms with Crippen LogP contribution in [0.2, 0.25) is 0 Å². The van der Waals surface area contributed by atoms with Gasteiger partial charge in [0, 0.05) is 6.04 Å². The van der Waals surface area contributed by atoms with Crippen LogP contribution < -0.4 is 10.1 Å². The molecule has 1 N–H and O–H groups in total. The number of amides is 1. The molecule has 0 aromatic heterocycles. The molecule has 1 aromatic carbocycles. The molecular weight excluding hydrogens is 334 g/mol. The molecule has 1 amide bonds. The number of hydrogen-bond donors (Lipinski definition) is 1. The van der Waals surface area contributed by atoms with E-state index in [1.54, 1.807) is 6.07 Å². The first-order chi connectivity index (χ1) is 11.2. The molecule has 132 valence electrons. The molecule has 1 fully saturated rings. The summed E-state index contributed by atoms with van der Waals surface area (Å²) in [5.41, 5.74) is 2.17. The molecule has 8 heteroatoms. The summed E-state index contributed by atoms with van der Waals surface area (Å²) < 4.78 is 32.7. The van der Waals surface area contributed by atoms with E-state index in [0.29, 0.717) is 12.2 Å². The summed E-state index contributed by atoms with van der Waals surface area (Å²) >= 11 is 0. The summed E-state index contributed by atoms with van der Waals surface area (Å²) in [4.78, 5) is 23.2. The number of ether oxygens (including phenoxy) is 2. The zero-order valence-electron chi connectivity index (χ0n) is 13.7. The molecule has 7 nitrogen and oxygen atoms in total. The van der Waals surface area contributed by atoms with Crippen molar-refractivity contribution in [1.82, 2.24) is 5.32 Å². The molecule has 1 heterocycles. The van der Waals surface area contributed by atoms with Gasteiger partial charge in [0.05, 0.1) is 11.5 Å². The van der Waals surface area contributed by atoms with Gasteiger partial charge in [0.15, 0.2) is 23.1 Å². The van der Waals surface area contributed by atoms with Gasteiger partial charge in [-0.2, -0.15) is 0 Å². The van der Waals surface area contributed by atoms with Crippen molar-refractivity contribution in [1.29, 1.82) is 0 Å². The van der Waals surface area contributed by atoms with Gasteiger partial charge in [-0.1, -0.05) is 6.07 Å². The van der Waals surface area contributed by atoms with Gasteiger partial charge >= 0.3 is 5.97 Å². The van der Waals surface area contributed by atoms with Crippen molar-refractivity contribution in [2.24, 2.45) is 0 Å². The van der Waals surface area contributed by atoms with Crippen molar-refractivity contribution >= 4 is 21.7 Å². The molecule has 0 unspecified atom stereocenters. The van der Waals surface area contributed by atoms with Gasteiger partial charge in [0.2, 0.25) is 0 Å². The highest BCUT2D eigenvalue weighted by atomic mass is 32.2. The minimum atomic E-state index is -3.06. The summed E-state index contributed by atoms with van der Waals surface area (Å²) in [5, 5.41) is 2.54. The van der Waals surface area contributed by atoms with E-state index in [2.05, 4.69) is 5.32 Å². The Bertz CT molecular complexity index is 728. The van der Waals surface area contributed by atoms with E-state index in [1.807, 2.05) is 26.0 Å². The molecule has 1 saturated heterocycles. The summed E-state index contributed by atoms with van der Waals surface area (Å²) in [6, 6.07) is 5.05. The smallest absolute Gasteiger partial charge is 0.344 e. The second-order valence-electron chi connectivity index (χ2n) is 5.86. The maximum Gasteiger partial charge on any atom is 0.344 e. The van der Waals surface area contributed by atoms with E-state index in [-0.39, 0.29) is 18.1 Å². The molecule has 24 heavy (non-hydrogen) atoms. The average molecular weight is 355 g/mol. The van der Waals surface area contributed by atoms with E-state index in [9.17, 15) is 18.0 Å². The van der Waals surface area contributed by atoms with Crippen molar-refractivity contribution in [3.63, 3.8) is 0 Å². The first kappa shape index (κ1) is 18.3. The molecule has 1 aromatic rings. The van der Waals surface area contributed by atoms with Crippen molar-refractivity contribution < 1.29 is 27.5 Å². The van der Waals surface area contributed by atoms with Crippen molar-refractivity contribution in [3.8, 4) is 5.75 Å². The Labute approximate surface area is 141 Å². The second kappa shape index (κ2) is 7.65. The molecule has 0 saturated carbocycles. The Kier molecular flexibility index (Phi) is 5.82. The maximum atomic E-state index is 11.6. The molecule has 0 aliphatic carbocycles. The Balaban J connectivity index is 1.69. The van der Waals surface area contributed by atoms with Crippen molar-refractivity contribution in [3.05, 3.63) is 29.3 Å². The molecule has 0 radical (unpaired) electrons. The predicted octanol–water partition coefficient (Wildman–Crippen LogP) is 0.529. The number of carbonyl (C=O) groups is 2. The fourth-order valence-corrected chi connectivity index (χ4v) is 3.99.